The smallest absolute Gasteiger partial charge is 0.114 e. The topological polar surface area (TPSA) is 48.5 Å². The third kappa shape index (κ3) is 2.41. The molecule has 0 bridgehead atoms. The lowest BCUT2D eigenvalue weighted by Gasteiger charge is -2.13. The molecular formula is C21H25N5. The van der Waals surface area contributed by atoms with Gasteiger partial charge in [-0.1, -0.05) is 6.07 Å². The van der Waals surface area contributed by atoms with Crippen molar-refractivity contribution in [3.8, 4) is 22.8 Å². The Balaban J connectivity index is 1.62. The predicted octanol–water partition coefficient (Wildman–Crippen LogP) is 3.64. The first-order valence-corrected chi connectivity index (χ1v) is 9.79. The maximum atomic E-state index is 5.04. The molecule has 0 aromatic carbocycles. The van der Waals surface area contributed by atoms with Crippen molar-refractivity contribution in [2.75, 3.05) is 0 Å². The van der Waals surface area contributed by atoms with Gasteiger partial charge in [-0.2, -0.15) is 10.2 Å². The highest BCUT2D eigenvalue weighted by atomic mass is 15.3. The van der Waals surface area contributed by atoms with Crippen LogP contribution < -0.4 is 0 Å². The Labute approximate surface area is 154 Å². The lowest BCUT2D eigenvalue weighted by Crippen LogP contribution is -2.05. The molecule has 5 nitrogen and oxygen atoms in total. The Morgan fingerprint density at radius 3 is 2.38 bits per heavy atom. The zero-order valence-electron chi connectivity index (χ0n) is 15.6. The van der Waals surface area contributed by atoms with Crippen LogP contribution in [0.15, 0.2) is 18.2 Å². The minimum absolute atomic E-state index is 0.993. The van der Waals surface area contributed by atoms with Crippen LogP contribution in [0, 0.1) is 0 Å². The van der Waals surface area contributed by atoms with Crippen molar-refractivity contribution in [3.05, 3.63) is 40.7 Å². The monoisotopic (exact) mass is 347 g/mol. The molecule has 3 aromatic heterocycles. The summed E-state index contributed by atoms with van der Waals surface area (Å²) in [7, 11) is 4.11. The molecule has 5 rings (SSSR count). The van der Waals surface area contributed by atoms with Crippen LogP contribution in [0.3, 0.4) is 0 Å². The molecule has 0 atom stereocenters. The lowest BCUT2D eigenvalue weighted by molar-refractivity contribution is 0.626. The number of aryl methyl sites for hydroxylation is 3. The molecule has 0 aliphatic heterocycles. The van der Waals surface area contributed by atoms with E-state index in [1.54, 1.807) is 0 Å². The highest BCUT2D eigenvalue weighted by Crippen LogP contribution is 2.33. The van der Waals surface area contributed by atoms with Crippen LogP contribution in [0.1, 0.15) is 48.2 Å². The third-order valence-electron chi connectivity index (χ3n) is 5.92. The van der Waals surface area contributed by atoms with Crippen LogP contribution in [-0.2, 0) is 39.8 Å². The number of rotatable bonds is 2. The fraction of sp³-hybridized carbons (Fsp3) is 0.476. The summed E-state index contributed by atoms with van der Waals surface area (Å²) in [4.78, 5) is 5.04. The van der Waals surface area contributed by atoms with Gasteiger partial charge in [-0.25, -0.2) is 4.98 Å². The molecule has 3 heterocycles. The molecule has 0 amide bonds. The van der Waals surface area contributed by atoms with E-state index in [-0.39, 0.29) is 0 Å². The number of pyridine rings is 1. The highest BCUT2D eigenvalue weighted by molar-refractivity contribution is 5.67. The summed E-state index contributed by atoms with van der Waals surface area (Å²) in [6.45, 7) is 0. The molecule has 5 heteroatoms. The summed E-state index contributed by atoms with van der Waals surface area (Å²) in [5, 5.41) is 9.59. The SMILES string of the molecule is Cn1nc(-c2cccc(-c3c4c(nn3C)CCCC4)n2)c2c1CCCC2. The number of hydrogen-bond donors (Lipinski definition) is 0. The average molecular weight is 347 g/mol. The van der Waals surface area contributed by atoms with E-state index in [1.165, 1.54) is 53.9 Å². The van der Waals surface area contributed by atoms with Gasteiger partial charge in [0.1, 0.15) is 5.69 Å². The molecule has 0 unspecified atom stereocenters. The van der Waals surface area contributed by atoms with Gasteiger partial charge in [0.15, 0.2) is 0 Å². The van der Waals surface area contributed by atoms with Gasteiger partial charge in [-0.05, 0) is 63.5 Å². The van der Waals surface area contributed by atoms with E-state index in [1.807, 2.05) is 11.7 Å². The molecule has 2 aliphatic carbocycles. The quantitative estimate of drug-likeness (QED) is 0.711. The molecule has 0 saturated carbocycles. The third-order valence-corrected chi connectivity index (χ3v) is 5.92. The molecule has 0 N–H and O–H groups in total. The van der Waals surface area contributed by atoms with Gasteiger partial charge in [0, 0.05) is 30.9 Å². The van der Waals surface area contributed by atoms with Crippen molar-refractivity contribution in [2.45, 2.75) is 51.4 Å². The maximum absolute atomic E-state index is 5.04. The van der Waals surface area contributed by atoms with Crippen molar-refractivity contribution < 1.29 is 0 Å². The normalized spacial score (nSPS) is 16.4. The van der Waals surface area contributed by atoms with Crippen molar-refractivity contribution in [1.82, 2.24) is 24.5 Å². The van der Waals surface area contributed by atoms with Crippen molar-refractivity contribution in [3.63, 3.8) is 0 Å². The van der Waals surface area contributed by atoms with Gasteiger partial charge in [-0.3, -0.25) is 9.36 Å². The molecule has 3 aromatic rings. The standard InChI is InChI=1S/C21H25N5/c1-25-19-13-6-4-9-15(19)20(24-25)17-11-7-12-18(22-17)21-14-8-3-5-10-16(14)23-26(21)2/h7,11-12H,3-6,8-10,13H2,1-2H3. The molecule has 0 radical (unpaired) electrons. The summed E-state index contributed by atoms with van der Waals surface area (Å²) in [5.41, 5.74) is 9.71. The van der Waals surface area contributed by atoms with Crippen molar-refractivity contribution >= 4 is 0 Å². The highest BCUT2D eigenvalue weighted by Gasteiger charge is 2.24. The van der Waals surface area contributed by atoms with Crippen LogP contribution in [-0.4, -0.2) is 24.5 Å². The van der Waals surface area contributed by atoms with Crippen LogP contribution in [0.2, 0.25) is 0 Å². The Bertz CT molecular complexity index is 979. The van der Waals surface area contributed by atoms with Crippen LogP contribution >= 0.6 is 0 Å². The number of hydrogen-bond acceptors (Lipinski definition) is 3. The number of fused-ring (bicyclic) bond motifs is 2. The molecule has 134 valence electrons. The fourth-order valence-electron chi connectivity index (χ4n) is 4.68. The fourth-order valence-corrected chi connectivity index (χ4v) is 4.68. The van der Waals surface area contributed by atoms with Crippen LogP contribution in [0.4, 0.5) is 0 Å². The summed E-state index contributed by atoms with van der Waals surface area (Å²) < 4.78 is 4.08. The molecule has 2 aliphatic rings. The largest absolute Gasteiger partial charge is 0.272 e. The number of aromatic nitrogens is 5. The molecule has 0 spiro atoms. The van der Waals surface area contributed by atoms with Crippen molar-refractivity contribution in [1.29, 1.82) is 0 Å². The predicted molar refractivity (Wildman–Crippen MR) is 102 cm³/mol. The van der Waals surface area contributed by atoms with E-state index in [9.17, 15) is 0 Å². The Hall–Kier alpha value is -2.43. The van der Waals surface area contributed by atoms with E-state index < -0.39 is 0 Å². The summed E-state index contributed by atoms with van der Waals surface area (Å²) in [6, 6.07) is 6.33. The second-order valence-electron chi connectivity index (χ2n) is 7.62. The Morgan fingerprint density at radius 1 is 0.769 bits per heavy atom. The van der Waals surface area contributed by atoms with Gasteiger partial charge in [-0.15, -0.1) is 0 Å². The second kappa shape index (κ2) is 6.08. The minimum atomic E-state index is 0.993. The molecule has 0 saturated heterocycles. The Kier molecular flexibility index (Phi) is 3.69. The second-order valence-corrected chi connectivity index (χ2v) is 7.62. The summed E-state index contributed by atoms with van der Waals surface area (Å²) in [5.74, 6) is 0. The number of nitrogens with zero attached hydrogens (tertiary/aromatic N) is 5. The zero-order valence-corrected chi connectivity index (χ0v) is 15.6. The van der Waals surface area contributed by atoms with E-state index in [0.29, 0.717) is 0 Å². The van der Waals surface area contributed by atoms with E-state index in [2.05, 4.69) is 29.9 Å². The molecular weight excluding hydrogens is 322 g/mol. The van der Waals surface area contributed by atoms with Crippen LogP contribution in [0.5, 0.6) is 0 Å². The van der Waals surface area contributed by atoms with Crippen molar-refractivity contribution in [2.24, 2.45) is 14.1 Å². The average Bonchev–Trinajstić information content (AvgIpc) is 3.19. The Morgan fingerprint density at radius 2 is 1.50 bits per heavy atom. The van der Waals surface area contributed by atoms with Gasteiger partial charge in [0.2, 0.25) is 0 Å². The first-order chi connectivity index (χ1) is 12.7. The molecule has 26 heavy (non-hydrogen) atoms. The van der Waals surface area contributed by atoms with Gasteiger partial charge >= 0.3 is 0 Å². The lowest BCUT2D eigenvalue weighted by atomic mass is 9.94. The first kappa shape index (κ1) is 15.8. The zero-order chi connectivity index (χ0) is 17.7. The maximum Gasteiger partial charge on any atom is 0.114 e. The van der Waals surface area contributed by atoms with E-state index in [4.69, 9.17) is 15.2 Å². The van der Waals surface area contributed by atoms with E-state index in [0.717, 1.165) is 42.8 Å². The van der Waals surface area contributed by atoms with Gasteiger partial charge < -0.3 is 0 Å². The van der Waals surface area contributed by atoms with Gasteiger partial charge in [0.25, 0.3) is 0 Å². The molecule has 0 fully saturated rings. The summed E-state index contributed by atoms with van der Waals surface area (Å²) >= 11 is 0. The van der Waals surface area contributed by atoms with Crippen LogP contribution in [0.25, 0.3) is 22.8 Å². The van der Waals surface area contributed by atoms with Gasteiger partial charge in [0.05, 0.1) is 22.8 Å². The first-order valence-electron chi connectivity index (χ1n) is 9.79. The van der Waals surface area contributed by atoms with E-state index >= 15 is 0 Å². The summed E-state index contributed by atoms with van der Waals surface area (Å²) in [6.07, 6.45) is 9.47. The minimum Gasteiger partial charge on any atom is -0.272 e.